The van der Waals surface area contributed by atoms with Crippen LogP contribution in [0.3, 0.4) is 0 Å². The van der Waals surface area contributed by atoms with Crippen molar-refractivity contribution in [2.75, 3.05) is 0 Å². The van der Waals surface area contributed by atoms with Gasteiger partial charge in [-0.05, 0) is 23.1 Å². The summed E-state index contributed by atoms with van der Waals surface area (Å²) in [5, 5.41) is 19.6. The summed E-state index contributed by atoms with van der Waals surface area (Å²) in [5.41, 5.74) is 2.88. The predicted molar refractivity (Wildman–Crippen MR) is 101 cm³/mol. The molecule has 2 aromatic carbocycles. The molecule has 0 amide bonds. The Labute approximate surface area is 155 Å². The van der Waals surface area contributed by atoms with E-state index >= 15 is 0 Å². The molecular weight excluding hydrogens is 350 g/mol. The van der Waals surface area contributed by atoms with Crippen molar-refractivity contribution in [2.45, 2.75) is 37.2 Å². The first-order chi connectivity index (χ1) is 12.3. The molecule has 0 bridgehead atoms. The second-order valence-corrected chi connectivity index (χ2v) is 7.80. The summed E-state index contributed by atoms with van der Waals surface area (Å²) < 4.78 is 5.69. The molecule has 3 rings (SSSR count). The number of rotatable bonds is 5. The Morgan fingerprint density at radius 1 is 1.08 bits per heavy atom. The summed E-state index contributed by atoms with van der Waals surface area (Å²) in [7, 11) is 0. The molecule has 0 atom stereocenters. The maximum absolute atomic E-state index is 11.1. The molecule has 0 aliphatic carbocycles. The van der Waals surface area contributed by atoms with Gasteiger partial charge in [-0.25, -0.2) is 0 Å². The number of para-hydroxylation sites is 1. The van der Waals surface area contributed by atoms with Crippen LogP contribution in [-0.2, 0) is 11.2 Å². The fourth-order valence-electron chi connectivity index (χ4n) is 2.45. The molecule has 26 heavy (non-hydrogen) atoms. The highest BCUT2D eigenvalue weighted by Gasteiger charge is 2.16. The lowest BCUT2D eigenvalue weighted by Crippen LogP contribution is -2.10. The molecule has 7 heteroatoms. The lowest BCUT2D eigenvalue weighted by molar-refractivity contribution is -0.385. The van der Waals surface area contributed by atoms with Gasteiger partial charge in [-0.2, -0.15) is 0 Å². The van der Waals surface area contributed by atoms with Gasteiger partial charge in [0, 0.05) is 22.9 Å². The molecule has 0 saturated heterocycles. The van der Waals surface area contributed by atoms with Crippen LogP contribution in [0.4, 0.5) is 5.69 Å². The molecular formula is C19H19N3O3S. The molecule has 134 valence electrons. The number of nitro groups is 1. The van der Waals surface area contributed by atoms with Crippen molar-refractivity contribution in [1.82, 2.24) is 10.2 Å². The Morgan fingerprint density at radius 3 is 2.42 bits per heavy atom. The Bertz CT molecular complexity index is 914. The maximum atomic E-state index is 11.1. The standard InChI is InChI=1S/C19H19N3O3S/c1-19(2,3)15-10-8-13(9-11-15)17-20-21-18(25-17)26-12-14-6-4-5-7-16(14)22(23)24/h4-11H,12H2,1-3H3. The van der Waals surface area contributed by atoms with Crippen molar-refractivity contribution < 1.29 is 9.34 Å². The normalized spacial score (nSPS) is 11.5. The molecule has 0 aliphatic heterocycles. The van der Waals surface area contributed by atoms with E-state index in [1.165, 1.54) is 23.4 Å². The van der Waals surface area contributed by atoms with Crippen LogP contribution in [-0.4, -0.2) is 15.1 Å². The molecule has 0 aliphatic rings. The van der Waals surface area contributed by atoms with E-state index in [1.54, 1.807) is 18.2 Å². The lowest BCUT2D eigenvalue weighted by atomic mass is 9.87. The summed E-state index contributed by atoms with van der Waals surface area (Å²) in [5.74, 6) is 0.831. The van der Waals surface area contributed by atoms with Crippen LogP contribution in [0.2, 0.25) is 0 Å². The van der Waals surface area contributed by atoms with Gasteiger partial charge in [0.05, 0.1) is 4.92 Å². The monoisotopic (exact) mass is 369 g/mol. The largest absolute Gasteiger partial charge is 0.411 e. The van der Waals surface area contributed by atoms with Crippen molar-refractivity contribution in [3.05, 3.63) is 69.8 Å². The molecule has 3 aromatic rings. The lowest BCUT2D eigenvalue weighted by Gasteiger charge is -2.18. The van der Waals surface area contributed by atoms with Crippen LogP contribution in [0.25, 0.3) is 11.5 Å². The van der Waals surface area contributed by atoms with Crippen molar-refractivity contribution in [1.29, 1.82) is 0 Å². The van der Waals surface area contributed by atoms with Crippen molar-refractivity contribution in [3.8, 4) is 11.5 Å². The van der Waals surface area contributed by atoms with E-state index < -0.39 is 0 Å². The number of nitrogens with zero attached hydrogens (tertiary/aromatic N) is 3. The average Bonchev–Trinajstić information content (AvgIpc) is 3.08. The van der Waals surface area contributed by atoms with Crippen LogP contribution in [0.5, 0.6) is 0 Å². The number of thioether (sulfide) groups is 1. The van der Waals surface area contributed by atoms with Crippen molar-refractivity contribution in [3.63, 3.8) is 0 Å². The van der Waals surface area contributed by atoms with Crippen LogP contribution in [0.1, 0.15) is 31.9 Å². The molecule has 0 spiro atoms. The van der Waals surface area contributed by atoms with E-state index in [9.17, 15) is 10.1 Å². The molecule has 0 unspecified atom stereocenters. The van der Waals surface area contributed by atoms with E-state index in [4.69, 9.17) is 4.42 Å². The Kier molecular flexibility index (Phi) is 5.08. The third kappa shape index (κ3) is 4.11. The van der Waals surface area contributed by atoms with Gasteiger partial charge in [0.25, 0.3) is 10.9 Å². The zero-order chi connectivity index (χ0) is 18.7. The number of hydrogen-bond donors (Lipinski definition) is 0. The summed E-state index contributed by atoms with van der Waals surface area (Å²) in [6.07, 6.45) is 0. The maximum Gasteiger partial charge on any atom is 0.277 e. The van der Waals surface area contributed by atoms with E-state index in [0.29, 0.717) is 22.4 Å². The van der Waals surface area contributed by atoms with E-state index in [1.807, 2.05) is 12.1 Å². The minimum Gasteiger partial charge on any atom is -0.411 e. The second-order valence-electron chi connectivity index (χ2n) is 6.87. The highest BCUT2D eigenvalue weighted by atomic mass is 32.2. The molecule has 0 radical (unpaired) electrons. The summed E-state index contributed by atoms with van der Waals surface area (Å²) >= 11 is 1.28. The summed E-state index contributed by atoms with van der Waals surface area (Å²) in [4.78, 5) is 10.7. The fourth-order valence-corrected chi connectivity index (χ4v) is 3.21. The highest BCUT2D eigenvalue weighted by molar-refractivity contribution is 7.98. The Hall–Kier alpha value is -2.67. The summed E-state index contributed by atoms with van der Waals surface area (Å²) in [6, 6.07) is 14.7. The first kappa shape index (κ1) is 18.1. The van der Waals surface area contributed by atoms with Crippen LogP contribution >= 0.6 is 11.8 Å². The van der Waals surface area contributed by atoms with E-state index in [0.717, 1.165) is 5.56 Å². The average molecular weight is 369 g/mol. The molecule has 1 heterocycles. The van der Waals surface area contributed by atoms with Crippen LogP contribution in [0, 0.1) is 10.1 Å². The van der Waals surface area contributed by atoms with Crippen molar-refractivity contribution >= 4 is 17.4 Å². The second kappa shape index (κ2) is 7.29. The molecule has 1 aromatic heterocycles. The SMILES string of the molecule is CC(C)(C)c1ccc(-c2nnc(SCc3ccccc3[N+](=O)[O-])o2)cc1. The number of hydrogen-bond acceptors (Lipinski definition) is 6. The number of benzene rings is 2. The Balaban J connectivity index is 1.72. The van der Waals surface area contributed by atoms with E-state index in [2.05, 4.69) is 43.1 Å². The van der Waals surface area contributed by atoms with Gasteiger partial charge in [-0.1, -0.05) is 62.9 Å². The minimum atomic E-state index is -0.383. The Morgan fingerprint density at radius 2 is 1.77 bits per heavy atom. The first-order valence-electron chi connectivity index (χ1n) is 8.14. The zero-order valence-corrected chi connectivity index (χ0v) is 15.6. The minimum absolute atomic E-state index is 0.0821. The van der Waals surface area contributed by atoms with Gasteiger partial charge >= 0.3 is 0 Å². The first-order valence-corrected chi connectivity index (χ1v) is 9.12. The highest BCUT2D eigenvalue weighted by Crippen LogP contribution is 2.30. The summed E-state index contributed by atoms with van der Waals surface area (Å²) in [6.45, 7) is 6.48. The van der Waals surface area contributed by atoms with Crippen LogP contribution in [0.15, 0.2) is 58.2 Å². The topological polar surface area (TPSA) is 82.1 Å². The third-order valence-electron chi connectivity index (χ3n) is 3.94. The quantitative estimate of drug-likeness (QED) is 0.348. The number of nitro benzene ring substituents is 1. The van der Waals surface area contributed by atoms with Crippen molar-refractivity contribution in [2.24, 2.45) is 0 Å². The van der Waals surface area contributed by atoms with Gasteiger partial charge in [-0.3, -0.25) is 10.1 Å². The van der Waals surface area contributed by atoms with Gasteiger partial charge < -0.3 is 4.42 Å². The molecule has 0 N–H and O–H groups in total. The third-order valence-corrected chi connectivity index (χ3v) is 4.81. The fraction of sp³-hybridized carbons (Fsp3) is 0.263. The number of aromatic nitrogens is 2. The van der Waals surface area contributed by atoms with Crippen LogP contribution < -0.4 is 0 Å². The smallest absolute Gasteiger partial charge is 0.277 e. The molecule has 6 nitrogen and oxygen atoms in total. The van der Waals surface area contributed by atoms with Gasteiger partial charge in [0.1, 0.15) is 0 Å². The van der Waals surface area contributed by atoms with Gasteiger partial charge in [0.15, 0.2) is 0 Å². The van der Waals surface area contributed by atoms with Gasteiger partial charge in [0.2, 0.25) is 5.89 Å². The molecule has 0 saturated carbocycles. The van der Waals surface area contributed by atoms with Gasteiger partial charge in [-0.15, -0.1) is 10.2 Å². The molecule has 0 fully saturated rings. The van der Waals surface area contributed by atoms with E-state index in [-0.39, 0.29) is 16.0 Å². The zero-order valence-electron chi connectivity index (χ0n) is 14.8. The predicted octanol–water partition coefficient (Wildman–Crippen LogP) is 5.23.